The topological polar surface area (TPSA) is 77.3 Å². The molecular formula is C9H16F3N2NaO4. The fraction of sp³-hybridized carbons (Fsp3) is 0.889. The van der Waals surface area contributed by atoms with Gasteiger partial charge in [-0.3, -0.25) is 5.01 Å². The Hall–Kier alpha value is 0.1000. The molecule has 6 nitrogen and oxygen atoms in total. The minimum absolute atomic E-state index is 0. The van der Waals surface area contributed by atoms with Crippen LogP contribution in [0, 0.1) is 0 Å². The second kappa shape index (κ2) is 9.11. The molecule has 0 aliphatic carbocycles. The summed E-state index contributed by atoms with van der Waals surface area (Å²) in [4.78, 5) is 0. The molecule has 1 unspecified atom stereocenters. The van der Waals surface area contributed by atoms with Crippen molar-refractivity contribution >= 4 is 6.21 Å². The summed E-state index contributed by atoms with van der Waals surface area (Å²) < 4.78 is 46.2. The molecule has 0 saturated carbocycles. The minimum Gasteiger partial charge on any atom is -0.857 e. The van der Waals surface area contributed by atoms with Gasteiger partial charge in [-0.2, -0.15) is 25.4 Å². The van der Waals surface area contributed by atoms with Crippen molar-refractivity contribution in [3.05, 3.63) is 0 Å². The third kappa shape index (κ3) is 5.94. The molecule has 0 spiro atoms. The zero-order valence-corrected chi connectivity index (χ0v) is 13.3. The van der Waals surface area contributed by atoms with Crippen molar-refractivity contribution in [1.29, 1.82) is 0 Å². The molecule has 0 fully saturated rings. The second-order valence-corrected chi connectivity index (χ2v) is 3.36. The van der Waals surface area contributed by atoms with Crippen LogP contribution in [0.4, 0.5) is 13.2 Å². The average molecular weight is 296 g/mol. The Morgan fingerprint density at radius 3 is 2.26 bits per heavy atom. The van der Waals surface area contributed by atoms with E-state index >= 15 is 0 Å². The molecule has 1 atom stereocenters. The molecule has 0 amide bonds. The Morgan fingerprint density at radius 1 is 1.42 bits per heavy atom. The summed E-state index contributed by atoms with van der Waals surface area (Å²) in [5.41, 5.74) is -1.92. The van der Waals surface area contributed by atoms with E-state index in [1.165, 1.54) is 20.4 Å². The van der Waals surface area contributed by atoms with Crippen molar-refractivity contribution in [3.63, 3.8) is 0 Å². The fourth-order valence-corrected chi connectivity index (χ4v) is 1.52. The molecule has 1 aliphatic rings. The number of halogens is 3. The largest absolute Gasteiger partial charge is 1.00 e. The molecule has 0 aromatic carbocycles. The van der Waals surface area contributed by atoms with Gasteiger partial charge < -0.3 is 19.7 Å². The Labute approximate surface area is 131 Å². The van der Waals surface area contributed by atoms with Gasteiger partial charge >= 0.3 is 35.7 Å². The number of hydrogen-bond acceptors (Lipinski definition) is 6. The van der Waals surface area contributed by atoms with E-state index in [4.69, 9.17) is 14.6 Å². The van der Waals surface area contributed by atoms with Crippen LogP contribution in [0.2, 0.25) is 0 Å². The maximum Gasteiger partial charge on any atom is 1.00 e. The molecule has 0 bridgehead atoms. The Kier molecular flexibility index (Phi) is 10.3. The van der Waals surface area contributed by atoms with Gasteiger partial charge in [-0.15, -0.1) is 0 Å². The van der Waals surface area contributed by atoms with Gasteiger partial charge in [0, 0.05) is 26.9 Å². The van der Waals surface area contributed by atoms with Crippen LogP contribution < -0.4 is 34.7 Å². The number of hydrazone groups is 1. The first-order chi connectivity index (χ1) is 8.33. The summed E-state index contributed by atoms with van der Waals surface area (Å²) in [6.45, 7) is -1.36. The van der Waals surface area contributed by atoms with Crippen LogP contribution in [0.3, 0.4) is 0 Å². The third-order valence-electron chi connectivity index (χ3n) is 2.19. The molecule has 108 valence electrons. The van der Waals surface area contributed by atoms with E-state index in [0.717, 1.165) is 7.11 Å². The summed E-state index contributed by atoms with van der Waals surface area (Å²) >= 11 is 0. The standard InChI is InChI=1S/C8H13F3N2O3.CH3O.Na/c1-15-6(16-2)7(14)3-4-12-13(7)5-8(9,10)11;1-2;/h4,6,14H,3,5H2,1-2H3;1H3;/q;-1;+1. The molecule has 0 saturated heterocycles. The molecule has 0 radical (unpaired) electrons. The van der Waals surface area contributed by atoms with Crippen molar-refractivity contribution < 1.29 is 62.4 Å². The van der Waals surface area contributed by atoms with Crippen LogP contribution in [0.5, 0.6) is 0 Å². The van der Waals surface area contributed by atoms with Gasteiger partial charge in [-0.25, -0.2) is 0 Å². The normalized spacial score (nSPS) is 22.1. The number of nitrogens with zero attached hydrogens (tertiary/aromatic N) is 2. The Morgan fingerprint density at radius 2 is 1.89 bits per heavy atom. The minimum atomic E-state index is -4.46. The smallest absolute Gasteiger partial charge is 0.857 e. The van der Waals surface area contributed by atoms with E-state index in [1.54, 1.807) is 0 Å². The van der Waals surface area contributed by atoms with Gasteiger partial charge in [0.05, 0.1) is 0 Å². The van der Waals surface area contributed by atoms with E-state index < -0.39 is 24.7 Å². The molecule has 1 N–H and O–H groups in total. The van der Waals surface area contributed by atoms with E-state index in [-0.39, 0.29) is 36.0 Å². The quantitative estimate of drug-likeness (QED) is 0.431. The van der Waals surface area contributed by atoms with E-state index in [2.05, 4.69) is 5.10 Å². The summed E-state index contributed by atoms with van der Waals surface area (Å²) in [6.07, 6.45) is -4.55. The van der Waals surface area contributed by atoms with Crippen molar-refractivity contribution in [1.82, 2.24) is 5.01 Å². The van der Waals surface area contributed by atoms with Crippen molar-refractivity contribution in [2.45, 2.75) is 24.6 Å². The maximum absolute atomic E-state index is 12.2. The second-order valence-electron chi connectivity index (χ2n) is 3.36. The zero-order chi connectivity index (χ0) is 14.4. The summed E-state index contributed by atoms with van der Waals surface area (Å²) in [5, 5.41) is 22.3. The Balaban J connectivity index is 0. The van der Waals surface area contributed by atoms with Crippen molar-refractivity contribution in [2.24, 2.45) is 5.10 Å². The van der Waals surface area contributed by atoms with Crippen LogP contribution in [-0.4, -0.2) is 62.4 Å². The van der Waals surface area contributed by atoms with Crippen LogP contribution in [0.1, 0.15) is 6.42 Å². The van der Waals surface area contributed by atoms with Gasteiger partial charge in [0.1, 0.15) is 6.54 Å². The maximum atomic E-state index is 12.2. The molecule has 10 heteroatoms. The van der Waals surface area contributed by atoms with E-state index in [1.807, 2.05) is 0 Å². The van der Waals surface area contributed by atoms with Gasteiger partial charge in [0.2, 0.25) is 12.0 Å². The molecular weight excluding hydrogens is 280 g/mol. The van der Waals surface area contributed by atoms with Gasteiger partial charge in [0.15, 0.2) is 0 Å². The monoisotopic (exact) mass is 296 g/mol. The molecule has 19 heavy (non-hydrogen) atoms. The number of aliphatic hydroxyl groups is 1. The molecule has 1 rings (SSSR count). The molecule has 1 heterocycles. The first kappa shape index (κ1) is 21.4. The predicted octanol–water partition coefficient (Wildman–Crippen LogP) is -3.47. The number of ether oxygens (including phenoxy) is 2. The van der Waals surface area contributed by atoms with Crippen LogP contribution in [-0.2, 0) is 9.47 Å². The van der Waals surface area contributed by atoms with Crippen molar-refractivity contribution in [3.8, 4) is 0 Å². The van der Waals surface area contributed by atoms with Gasteiger partial charge in [-0.05, 0) is 0 Å². The number of alkyl halides is 3. The van der Waals surface area contributed by atoms with Gasteiger partial charge in [-0.1, -0.05) is 0 Å². The molecule has 0 aromatic rings. The first-order valence-electron chi connectivity index (χ1n) is 4.89. The number of methoxy groups -OCH3 is 2. The summed E-state index contributed by atoms with van der Waals surface area (Å²) in [5.74, 6) is 0. The fourth-order valence-electron chi connectivity index (χ4n) is 1.52. The summed E-state index contributed by atoms with van der Waals surface area (Å²) in [6, 6.07) is 0. The number of hydrogen-bond donors (Lipinski definition) is 1. The first-order valence-corrected chi connectivity index (χ1v) is 4.89. The summed E-state index contributed by atoms with van der Waals surface area (Å²) in [7, 11) is 3.21. The number of rotatable bonds is 4. The van der Waals surface area contributed by atoms with Crippen LogP contribution >= 0.6 is 0 Å². The van der Waals surface area contributed by atoms with E-state index in [0.29, 0.717) is 5.01 Å². The molecule has 1 aliphatic heterocycles. The zero-order valence-electron chi connectivity index (χ0n) is 11.3. The van der Waals surface area contributed by atoms with Gasteiger partial charge in [0.25, 0.3) is 0 Å². The average Bonchev–Trinajstić information content (AvgIpc) is 2.63. The van der Waals surface area contributed by atoms with Crippen LogP contribution in [0.15, 0.2) is 5.10 Å². The predicted molar refractivity (Wildman–Crippen MR) is 54.5 cm³/mol. The molecule has 0 aromatic heterocycles. The SMILES string of the molecule is COC(OC)C1(O)CC=NN1CC(F)(F)F.C[O-].[Na+]. The third-order valence-corrected chi connectivity index (χ3v) is 2.19. The van der Waals surface area contributed by atoms with Crippen molar-refractivity contribution in [2.75, 3.05) is 27.9 Å². The Bertz CT molecular complexity index is 277. The van der Waals surface area contributed by atoms with Crippen LogP contribution in [0.25, 0.3) is 0 Å². The van der Waals surface area contributed by atoms with E-state index in [9.17, 15) is 18.3 Å².